The van der Waals surface area contributed by atoms with Crippen molar-refractivity contribution in [1.29, 1.82) is 0 Å². The first-order valence-corrected chi connectivity index (χ1v) is 14.3. The van der Waals surface area contributed by atoms with Crippen molar-refractivity contribution in [1.82, 2.24) is 9.88 Å². The van der Waals surface area contributed by atoms with E-state index in [2.05, 4.69) is 5.32 Å². The molecule has 5 nitrogen and oxygen atoms in total. The normalized spacial score (nSPS) is 16.9. The van der Waals surface area contributed by atoms with Crippen LogP contribution < -0.4 is 15.6 Å². The molecule has 9 heteroatoms. The van der Waals surface area contributed by atoms with Crippen LogP contribution in [0.3, 0.4) is 0 Å². The lowest BCUT2D eigenvalue weighted by Crippen LogP contribution is -2.49. The molecule has 174 valence electrons. The van der Waals surface area contributed by atoms with Gasteiger partial charge < -0.3 is 14.8 Å². The first-order valence-electron chi connectivity index (χ1n) is 10.8. The van der Waals surface area contributed by atoms with Crippen LogP contribution >= 0.6 is 0 Å². The number of fused-ring (bicyclic) bond motifs is 1. The summed E-state index contributed by atoms with van der Waals surface area (Å²) in [6.07, 6.45) is 1.31. The minimum atomic E-state index is -2.44. The van der Waals surface area contributed by atoms with E-state index in [0.717, 1.165) is 18.2 Å². The van der Waals surface area contributed by atoms with Crippen molar-refractivity contribution in [2.75, 3.05) is 24.5 Å². The molecular weight excluding hydrogens is 447 g/mol. The molecule has 33 heavy (non-hydrogen) atoms. The third-order valence-corrected chi connectivity index (χ3v) is 7.51. The lowest BCUT2D eigenvalue weighted by Gasteiger charge is -2.34. The van der Waals surface area contributed by atoms with Crippen LogP contribution in [-0.2, 0) is 0 Å². The Morgan fingerprint density at radius 3 is 2.39 bits per heavy atom. The SMILES string of the molecule is CC1CN(c2cc3c(cc2F)c(=O)c(C(=O)[Si](C)(C)C)cn3-c2ccc(F)cc2F)CCN1. The number of aromatic nitrogens is 1. The fourth-order valence-electron chi connectivity index (χ4n) is 4.17. The number of pyridine rings is 1. The standard InChI is InChI=1S/C24H26F3N3O2Si/c1-14-12-29(8-7-28-14)22-11-21-16(10-19(22)27)23(31)17(24(32)33(2,3)4)13-30(21)20-6-5-15(25)9-18(20)26/h5-6,9-11,13-14,28H,7-8,12H2,1-4H3. The van der Waals surface area contributed by atoms with Crippen LogP contribution in [0.2, 0.25) is 19.6 Å². The van der Waals surface area contributed by atoms with E-state index in [9.17, 15) is 18.4 Å². The molecule has 0 bridgehead atoms. The van der Waals surface area contributed by atoms with Gasteiger partial charge in [-0.3, -0.25) is 9.59 Å². The molecule has 0 radical (unpaired) electrons. The summed E-state index contributed by atoms with van der Waals surface area (Å²) in [5.74, 6) is -2.19. The van der Waals surface area contributed by atoms with Gasteiger partial charge in [0.2, 0.25) is 0 Å². The van der Waals surface area contributed by atoms with Crippen LogP contribution in [0.25, 0.3) is 16.6 Å². The summed E-state index contributed by atoms with van der Waals surface area (Å²) in [6.45, 7) is 9.19. The lowest BCUT2D eigenvalue weighted by atomic mass is 10.1. The van der Waals surface area contributed by atoms with E-state index >= 15 is 4.39 Å². The third-order valence-electron chi connectivity index (χ3n) is 5.88. The minimum Gasteiger partial charge on any atom is -0.366 e. The van der Waals surface area contributed by atoms with Gasteiger partial charge in [-0.2, -0.15) is 0 Å². The fourth-order valence-corrected chi connectivity index (χ4v) is 5.16. The van der Waals surface area contributed by atoms with Gasteiger partial charge in [0.05, 0.1) is 22.5 Å². The number of nitrogens with zero attached hydrogens (tertiary/aromatic N) is 2. The number of anilines is 1. The van der Waals surface area contributed by atoms with Crippen molar-refractivity contribution >= 4 is 30.1 Å². The zero-order valence-electron chi connectivity index (χ0n) is 19.0. The molecule has 0 saturated carbocycles. The average Bonchev–Trinajstić information content (AvgIpc) is 2.73. The fraction of sp³-hybridized carbons (Fsp3) is 0.333. The third kappa shape index (κ3) is 4.34. The monoisotopic (exact) mass is 473 g/mol. The predicted octanol–water partition coefficient (Wildman–Crippen LogP) is 4.27. The molecule has 1 aromatic heterocycles. The van der Waals surface area contributed by atoms with Crippen LogP contribution in [-0.4, -0.2) is 43.7 Å². The number of rotatable bonds is 4. The van der Waals surface area contributed by atoms with Crippen LogP contribution in [0.5, 0.6) is 0 Å². The second kappa shape index (κ2) is 8.46. The Bertz CT molecular complexity index is 1320. The van der Waals surface area contributed by atoms with Gasteiger partial charge in [-0.05, 0) is 31.2 Å². The Kier molecular flexibility index (Phi) is 5.96. The molecule has 2 heterocycles. The van der Waals surface area contributed by atoms with Crippen molar-refractivity contribution in [3.8, 4) is 5.69 Å². The van der Waals surface area contributed by atoms with E-state index in [1.165, 1.54) is 22.9 Å². The molecule has 1 fully saturated rings. The molecule has 1 atom stereocenters. The summed E-state index contributed by atoms with van der Waals surface area (Å²) < 4.78 is 45.0. The zero-order valence-corrected chi connectivity index (χ0v) is 20.0. The Hall–Kier alpha value is -2.91. The molecule has 4 rings (SSSR count). The molecule has 0 aliphatic carbocycles. The van der Waals surface area contributed by atoms with Crippen molar-refractivity contribution in [2.45, 2.75) is 32.6 Å². The highest BCUT2D eigenvalue weighted by molar-refractivity contribution is 7.05. The number of hydrogen-bond donors (Lipinski definition) is 1. The highest BCUT2D eigenvalue weighted by Gasteiger charge is 2.30. The van der Waals surface area contributed by atoms with Gasteiger partial charge in [0.25, 0.3) is 0 Å². The quantitative estimate of drug-likeness (QED) is 0.575. The molecule has 3 aromatic rings. The average molecular weight is 474 g/mol. The van der Waals surface area contributed by atoms with E-state index in [0.29, 0.717) is 19.6 Å². The summed E-state index contributed by atoms with van der Waals surface area (Å²) in [4.78, 5) is 28.2. The maximum Gasteiger partial charge on any atom is 0.199 e. The van der Waals surface area contributed by atoms with Crippen LogP contribution in [0.15, 0.2) is 41.3 Å². The molecule has 1 aliphatic heterocycles. The lowest BCUT2D eigenvalue weighted by molar-refractivity contribution is 0.106. The highest BCUT2D eigenvalue weighted by Crippen LogP contribution is 2.29. The van der Waals surface area contributed by atoms with Crippen LogP contribution in [0, 0.1) is 17.5 Å². The first-order chi connectivity index (χ1) is 15.5. The van der Waals surface area contributed by atoms with Crippen LogP contribution in [0.1, 0.15) is 17.3 Å². The maximum absolute atomic E-state index is 15.2. The number of halogens is 3. The molecule has 1 N–H and O–H groups in total. The maximum atomic E-state index is 15.2. The summed E-state index contributed by atoms with van der Waals surface area (Å²) in [7, 11) is -2.44. The van der Waals surface area contributed by atoms with E-state index in [-0.39, 0.29) is 39.3 Å². The minimum absolute atomic E-state index is 0.0211. The number of piperazine rings is 1. The smallest absolute Gasteiger partial charge is 0.199 e. The van der Waals surface area contributed by atoms with Gasteiger partial charge in [0, 0.05) is 43.3 Å². The summed E-state index contributed by atoms with van der Waals surface area (Å²) in [5.41, 5.74) is -0.197. The predicted molar refractivity (Wildman–Crippen MR) is 127 cm³/mol. The van der Waals surface area contributed by atoms with Gasteiger partial charge in [-0.15, -0.1) is 0 Å². The second-order valence-electron chi connectivity index (χ2n) is 9.54. The molecule has 1 saturated heterocycles. The number of benzene rings is 2. The largest absolute Gasteiger partial charge is 0.366 e. The highest BCUT2D eigenvalue weighted by atomic mass is 28.3. The second-order valence-corrected chi connectivity index (χ2v) is 14.5. The molecule has 0 amide bonds. The molecule has 1 aliphatic rings. The van der Waals surface area contributed by atoms with Gasteiger partial charge in [-0.25, -0.2) is 13.2 Å². The summed E-state index contributed by atoms with van der Waals surface area (Å²) >= 11 is 0. The summed E-state index contributed by atoms with van der Waals surface area (Å²) in [5, 5.41) is 2.96. The Morgan fingerprint density at radius 1 is 1.06 bits per heavy atom. The van der Waals surface area contributed by atoms with Crippen molar-refractivity contribution < 1.29 is 18.0 Å². The Labute approximate surface area is 190 Å². The van der Waals surface area contributed by atoms with E-state index in [1.54, 1.807) is 19.6 Å². The number of nitrogens with one attached hydrogen (secondary N) is 1. The van der Waals surface area contributed by atoms with Crippen molar-refractivity contribution in [3.05, 3.63) is 69.8 Å². The van der Waals surface area contributed by atoms with E-state index in [1.807, 2.05) is 11.8 Å². The van der Waals surface area contributed by atoms with E-state index in [4.69, 9.17) is 0 Å². The van der Waals surface area contributed by atoms with Gasteiger partial charge >= 0.3 is 0 Å². The topological polar surface area (TPSA) is 54.3 Å². The van der Waals surface area contributed by atoms with E-state index < -0.39 is 31.0 Å². The Balaban J connectivity index is 2.04. The first kappa shape index (κ1) is 23.3. The molecule has 0 spiro atoms. The van der Waals surface area contributed by atoms with Crippen LogP contribution in [0.4, 0.5) is 18.9 Å². The van der Waals surface area contributed by atoms with Gasteiger partial charge in [-0.1, -0.05) is 19.6 Å². The molecular formula is C24H26F3N3O2Si. The van der Waals surface area contributed by atoms with Gasteiger partial charge in [0.15, 0.2) is 5.43 Å². The molecule has 2 aromatic carbocycles. The number of hydrogen-bond acceptors (Lipinski definition) is 4. The molecule has 1 unspecified atom stereocenters. The van der Waals surface area contributed by atoms with Gasteiger partial charge in [0.1, 0.15) is 30.9 Å². The zero-order chi connectivity index (χ0) is 24.1. The number of carbonyl (C=O) groups excluding carboxylic acids is 1. The number of carbonyl (C=O) groups is 1. The Morgan fingerprint density at radius 2 is 1.76 bits per heavy atom. The van der Waals surface area contributed by atoms with Crippen molar-refractivity contribution in [2.24, 2.45) is 0 Å². The van der Waals surface area contributed by atoms with Crippen molar-refractivity contribution in [3.63, 3.8) is 0 Å². The summed E-state index contributed by atoms with van der Waals surface area (Å²) in [6, 6.07) is 5.86.